The summed E-state index contributed by atoms with van der Waals surface area (Å²) >= 11 is 0. The van der Waals surface area contributed by atoms with E-state index in [-0.39, 0.29) is 17.4 Å². The summed E-state index contributed by atoms with van der Waals surface area (Å²) in [6.45, 7) is 1.55. The van der Waals surface area contributed by atoms with E-state index in [1.54, 1.807) is 19.3 Å². The molecular weight excluding hydrogens is 292 g/mol. The molecule has 2 heterocycles. The topological polar surface area (TPSA) is 67.2 Å². The van der Waals surface area contributed by atoms with Gasteiger partial charge in [-0.1, -0.05) is 19.3 Å². The molecule has 1 saturated carbocycles. The van der Waals surface area contributed by atoms with Crippen LogP contribution in [0.1, 0.15) is 44.9 Å². The van der Waals surface area contributed by atoms with E-state index in [9.17, 15) is 9.59 Å². The first-order valence-electron chi connectivity index (χ1n) is 8.72. The minimum absolute atomic E-state index is 0.00901. The number of carbonyl (C=O) groups is 1. The summed E-state index contributed by atoms with van der Waals surface area (Å²) in [4.78, 5) is 26.4. The summed E-state index contributed by atoms with van der Waals surface area (Å²) in [5, 5.41) is 7.31. The highest BCUT2D eigenvalue weighted by Gasteiger charge is 2.28. The van der Waals surface area contributed by atoms with Gasteiger partial charge in [0.25, 0.3) is 5.56 Å². The van der Waals surface area contributed by atoms with Crippen molar-refractivity contribution in [2.45, 2.75) is 51.0 Å². The fraction of sp³-hybridized carbons (Fsp3) is 0.706. The van der Waals surface area contributed by atoms with Gasteiger partial charge in [-0.15, -0.1) is 0 Å². The number of aromatic nitrogens is 2. The molecule has 0 bridgehead atoms. The van der Waals surface area contributed by atoms with Crippen LogP contribution < -0.4 is 15.8 Å². The van der Waals surface area contributed by atoms with Gasteiger partial charge in [-0.2, -0.15) is 5.10 Å². The number of amides is 1. The number of piperidine rings is 1. The molecule has 1 aliphatic carbocycles. The molecule has 1 aromatic rings. The molecule has 1 aliphatic heterocycles. The van der Waals surface area contributed by atoms with Crippen LogP contribution in [-0.2, 0) is 11.8 Å². The molecule has 1 aromatic heterocycles. The Labute approximate surface area is 136 Å². The second-order valence-electron chi connectivity index (χ2n) is 6.80. The Kier molecular flexibility index (Phi) is 4.98. The van der Waals surface area contributed by atoms with Gasteiger partial charge < -0.3 is 10.2 Å². The first-order valence-corrected chi connectivity index (χ1v) is 8.72. The highest BCUT2D eigenvalue weighted by molar-refractivity contribution is 5.80. The SMILES string of the molecule is Cn1ncc(N2CCC[C@H](C(=O)NC3CCCCC3)C2)cc1=O. The zero-order chi connectivity index (χ0) is 16.2. The Bertz CT molecular complexity index is 607. The van der Waals surface area contributed by atoms with Crippen molar-refractivity contribution in [3.8, 4) is 0 Å². The predicted molar refractivity (Wildman–Crippen MR) is 89.4 cm³/mol. The van der Waals surface area contributed by atoms with E-state index < -0.39 is 0 Å². The van der Waals surface area contributed by atoms with E-state index in [1.807, 2.05) is 0 Å². The fourth-order valence-corrected chi connectivity index (χ4v) is 3.62. The summed E-state index contributed by atoms with van der Waals surface area (Å²) in [7, 11) is 1.64. The molecule has 2 fully saturated rings. The van der Waals surface area contributed by atoms with Crippen LogP contribution in [0.5, 0.6) is 0 Å². The zero-order valence-electron chi connectivity index (χ0n) is 13.8. The molecule has 0 aromatic carbocycles. The number of rotatable bonds is 3. The van der Waals surface area contributed by atoms with Crippen molar-refractivity contribution in [2.75, 3.05) is 18.0 Å². The lowest BCUT2D eigenvalue weighted by molar-refractivity contribution is -0.126. The Morgan fingerprint density at radius 1 is 1.22 bits per heavy atom. The molecule has 0 radical (unpaired) electrons. The monoisotopic (exact) mass is 318 g/mol. The van der Waals surface area contributed by atoms with Crippen molar-refractivity contribution >= 4 is 11.6 Å². The van der Waals surface area contributed by atoms with Crippen molar-refractivity contribution in [1.82, 2.24) is 15.1 Å². The number of aryl methyl sites for hydroxylation is 1. The van der Waals surface area contributed by atoms with Crippen LogP contribution in [0.2, 0.25) is 0 Å². The Balaban J connectivity index is 1.61. The number of nitrogens with zero attached hydrogens (tertiary/aromatic N) is 3. The van der Waals surface area contributed by atoms with E-state index in [0.717, 1.165) is 37.9 Å². The highest BCUT2D eigenvalue weighted by atomic mass is 16.2. The van der Waals surface area contributed by atoms with Crippen LogP contribution in [0.25, 0.3) is 0 Å². The molecule has 23 heavy (non-hydrogen) atoms. The van der Waals surface area contributed by atoms with E-state index in [1.165, 1.54) is 23.9 Å². The van der Waals surface area contributed by atoms with Gasteiger partial charge in [0.05, 0.1) is 17.8 Å². The van der Waals surface area contributed by atoms with Crippen LogP contribution in [0.4, 0.5) is 5.69 Å². The molecule has 126 valence electrons. The third-order valence-corrected chi connectivity index (χ3v) is 5.06. The van der Waals surface area contributed by atoms with Crippen molar-refractivity contribution in [2.24, 2.45) is 13.0 Å². The fourth-order valence-electron chi connectivity index (χ4n) is 3.62. The average molecular weight is 318 g/mol. The first-order chi connectivity index (χ1) is 11.1. The quantitative estimate of drug-likeness (QED) is 0.916. The van der Waals surface area contributed by atoms with E-state index in [2.05, 4.69) is 15.3 Å². The third-order valence-electron chi connectivity index (χ3n) is 5.06. The van der Waals surface area contributed by atoms with E-state index >= 15 is 0 Å². The molecule has 2 aliphatic rings. The molecule has 1 saturated heterocycles. The van der Waals surface area contributed by atoms with Crippen molar-refractivity contribution in [1.29, 1.82) is 0 Å². The van der Waals surface area contributed by atoms with Crippen LogP contribution in [0.15, 0.2) is 17.1 Å². The largest absolute Gasteiger partial charge is 0.369 e. The molecule has 0 unspecified atom stereocenters. The van der Waals surface area contributed by atoms with Gasteiger partial charge in [-0.25, -0.2) is 4.68 Å². The molecule has 6 nitrogen and oxygen atoms in total. The van der Waals surface area contributed by atoms with Gasteiger partial charge in [-0.3, -0.25) is 9.59 Å². The van der Waals surface area contributed by atoms with Crippen molar-refractivity contribution in [3.63, 3.8) is 0 Å². The van der Waals surface area contributed by atoms with E-state index in [4.69, 9.17) is 0 Å². The standard InChI is InChI=1S/C17H26N4O2/c1-20-16(22)10-15(11-18-20)21-9-5-6-13(12-21)17(23)19-14-7-3-2-4-8-14/h10-11,13-14H,2-9,12H2,1H3,(H,19,23)/t13-/m0/s1. The lowest BCUT2D eigenvalue weighted by Gasteiger charge is -2.34. The van der Waals surface area contributed by atoms with Gasteiger partial charge in [-0.05, 0) is 25.7 Å². The second-order valence-corrected chi connectivity index (χ2v) is 6.80. The van der Waals surface area contributed by atoms with Gasteiger partial charge in [0.15, 0.2) is 0 Å². The Morgan fingerprint density at radius 3 is 2.74 bits per heavy atom. The van der Waals surface area contributed by atoms with Gasteiger partial charge in [0, 0.05) is 32.2 Å². The molecule has 1 atom stereocenters. The minimum atomic E-state index is -0.115. The number of hydrogen-bond acceptors (Lipinski definition) is 4. The molecular formula is C17H26N4O2. The van der Waals surface area contributed by atoms with Crippen LogP contribution >= 0.6 is 0 Å². The molecule has 1 amide bonds. The van der Waals surface area contributed by atoms with Crippen LogP contribution in [0, 0.1) is 5.92 Å². The van der Waals surface area contributed by atoms with Gasteiger partial charge in [0.2, 0.25) is 5.91 Å². The van der Waals surface area contributed by atoms with Crippen LogP contribution in [-0.4, -0.2) is 34.8 Å². The third kappa shape index (κ3) is 3.92. The zero-order valence-corrected chi connectivity index (χ0v) is 13.8. The maximum Gasteiger partial charge on any atom is 0.268 e. The van der Waals surface area contributed by atoms with Gasteiger partial charge in [0.1, 0.15) is 0 Å². The lowest BCUT2D eigenvalue weighted by atomic mass is 9.93. The van der Waals surface area contributed by atoms with E-state index in [0.29, 0.717) is 12.6 Å². The van der Waals surface area contributed by atoms with Crippen molar-refractivity contribution < 1.29 is 4.79 Å². The maximum atomic E-state index is 12.5. The summed E-state index contributed by atoms with van der Waals surface area (Å²) in [5.41, 5.74) is 0.708. The Morgan fingerprint density at radius 2 is 2.00 bits per heavy atom. The predicted octanol–water partition coefficient (Wildman–Crippen LogP) is 1.45. The highest BCUT2D eigenvalue weighted by Crippen LogP contribution is 2.23. The summed E-state index contributed by atoms with van der Waals surface area (Å²) < 4.78 is 1.32. The number of anilines is 1. The molecule has 1 N–H and O–H groups in total. The smallest absolute Gasteiger partial charge is 0.268 e. The lowest BCUT2D eigenvalue weighted by Crippen LogP contribution is -2.46. The normalized spacial score (nSPS) is 22.8. The van der Waals surface area contributed by atoms with Crippen LogP contribution in [0.3, 0.4) is 0 Å². The summed E-state index contributed by atoms with van der Waals surface area (Å²) in [6.07, 6.45) is 9.57. The minimum Gasteiger partial charge on any atom is -0.369 e. The molecule has 6 heteroatoms. The molecule has 3 rings (SSSR count). The average Bonchev–Trinajstić information content (AvgIpc) is 2.58. The van der Waals surface area contributed by atoms with Crippen molar-refractivity contribution in [3.05, 3.63) is 22.6 Å². The number of carbonyl (C=O) groups excluding carboxylic acids is 1. The second kappa shape index (κ2) is 7.15. The number of nitrogens with one attached hydrogen (secondary N) is 1. The summed E-state index contributed by atoms with van der Waals surface area (Å²) in [5.74, 6) is 0.188. The maximum absolute atomic E-state index is 12.5. The van der Waals surface area contributed by atoms with Gasteiger partial charge >= 0.3 is 0 Å². The summed E-state index contributed by atoms with van der Waals surface area (Å²) in [6, 6.07) is 1.96. The number of hydrogen-bond donors (Lipinski definition) is 1. The Hall–Kier alpha value is -1.85. The first kappa shape index (κ1) is 16.0. The molecule has 0 spiro atoms.